The van der Waals surface area contributed by atoms with Gasteiger partial charge in [-0.15, -0.1) is 0 Å². The van der Waals surface area contributed by atoms with Gasteiger partial charge >= 0.3 is 12.1 Å². The van der Waals surface area contributed by atoms with Gasteiger partial charge in [-0.05, 0) is 60.5 Å². The van der Waals surface area contributed by atoms with E-state index in [1.807, 2.05) is 0 Å². The largest absolute Gasteiger partial charge is 0.488 e. The maximum atomic E-state index is 13.6. The predicted molar refractivity (Wildman–Crippen MR) is 127 cm³/mol. The SMILES string of the molecule is CCOC(=O)c1ccnc(-c2ccccc2-c2cc(C(F)(F)F)ccc2OCc2ccc(F)cc2)c1. The highest BCUT2D eigenvalue weighted by molar-refractivity contribution is 5.92. The van der Waals surface area contributed by atoms with Gasteiger partial charge in [0.25, 0.3) is 0 Å². The van der Waals surface area contributed by atoms with Crippen molar-refractivity contribution in [3.63, 3.8) is 0 Å². The van der Waals surface area contributed by atoms with Gasteiger partial charge in [-0.3, -0.25) is 4.98 Å². The van der Waals surface area contributed by atoms with Crippen LogP contribution in [-0.4, -0.2) is 17.6 Å². The fourth-order valence-corrected chi connectivity index (χ4v) is 3.64. The zero-order chi connectivity index (χ0) is 25.7. The van der Waals surface area contributed by atoms with Crippen molar-refractivity contribution in [1.29, 1.82) is 0 Å². The molecule has 4 nitrogen and oxygen atoms in total. The molecule has 0 amide bonds. The number of pyridine rings is 1. The molecule has 0 fully saturated rings. The van der Waals surface area contributed by atoms with Crippen molar-refractivity contribution in [1.82, 2.24) is 4.98 Å². The van der Waals surface area contributed by atoms with Gasteiger partial charge in [0.15, 0.2) is 0 Å². The van der Waals surface area contributed by atoms with Crippen molar-refractivity contribution in [3.8, 4) is 28.1 Å². The first-order valence-electron chi connectivity index (χ1n) is 11.1. The summed E-state index contributed by atoms with van der Waals surface area (Å²) < 4.78 is 65.0. The zero-order valence-corrected chi connectivity index (χ0v) is 19.2. The zero-order valence-electron chi connectivity index (χ0n) is 19.2. The third kappa shape index (κ3) is 5.71. The predicted octanol–water partition coefficient (Wildman–Crippen LogP) is 7.33. The average molecular weight is 495 g/mol. The number of halogens is 4. The number of carbonyl (C=O) groups excluding carboxylic acids is 1. The van der Waals surface area contributed by atoms with E-state index in [1.54, 1.807) is 31.2 Å². The summed E-state index contributed by atoms with van der Waals surface area (Å²) in [5, 5.41) is 0. The van der Waals surface area contributed by atoms with Gasteiger partial charge < -0.3 is 9.47 Å². The van der Waals surface area contributed by atoms with Crippen LogP contribution in [0.25, 0.3) is 22.4 Å². The molecule has 0 atom stereocenters. The normalized spacial score (nSPS) is 11.2. The summed E-state index contributed by atoms with van der Waals surface area (Å²) in [6, 6.07) is 18.7. The van der Waals surface area contributed by atoms with Gasteiger partial charge in [-0.1, -0.05) is 36.4 Å². The van der Waals surface area contributed by atoms with Gasteiger partial charge in [0.2, 0.25) is 0 Å². The van der Waals surface area contributed by atoms with E-state index in [1.165, 1.54) is 48.7 Å². The Balaban J connectivity index is 1.79. The molecule has 0 aliphatic rings. The Bertz CT molecular complexity index is 1370. The summed E-state index contributed by atoms with van der Waals surface area (Å²) in [5.41, 5.74) is 1.62. The second-order valence-corrected chi connectivity index (χ2v) is 7.82. The second kappa shape index (κ2) is 10.6. The topological polar surface area (TPSA) is 48.4 Å². The number of benzene rings is 3. The molecule has 0 saturated heterocycles. The number of hydrogen-bond acceptors (Lipinski definition) is 4. The molecule has 0 aliphatic heterocycles. The van der Waals surface area contributed by atoms with Crippen LogP contribution in [0.15, 0.2) is 85.1 Å². The van der Waals surface area contributed by atoms with Crippen LogP contribution in [0, 0.1) is 5.82 Å². The molecule has 36 heavy (non-hydrogen) atoms. The molecule has 8 heteroatoms. The van der Waals surface area contributed by atoms with Crippen molar-refractivity contribution in [2.75, 3.05) is 6.61 Å². The fourth-order valence-electron chi connectivity index (χ4n) is 3.64. The number of esters is 1. The number of carbonyl (C=O) groups is 1. The first-order chi connectivity index (χ1) is 17.3. The summed E-state index contributed by atoms with van der Waals surface area (Å²) in [5.74, 6) is -0.720. The van der Waals surface area contributed by atoms with Crippen molar-refractivity contribution in [3.05, 3.63) is 108 Å². The lowest BCUT2D eigenvalue weighted by atomic mass is 9.94. The number of nitrogens with zero attached hydrogens (tertiary/aromatic N) is 1. The number of aromatic nitrogens is 1. The summed E-state index contributed by atoms with van der Waals surface area (Å²) in [6.07, 6.45) is -3.13. The Labute approximate surface area is 205 Å². The quantitative estimate of drug-likeness (QED) is 0.199. The highest BCUT2D eigenvalue weighted by Gasteiger charge is 2.31. The molecule has 0 spiro atoms. The maximum Gasteiger partial charge on any atom is 0.416 e. The first-order valence-corrected chi connectivity index (χ1v) is 11.1. The van der Waals surface area contributed by atoms with E-state index in [0.29, 0.717) is 22.4 Å². The van der Waals surface area contributed by atoms with Gasteiger partial charge in [-0.2, -0.15) is 13.2 Å². The standard InChI is InChI=1S/C28H21F4NO3/c1-2-35-27(34)19-13-14-33-25(15-19)23-6-4-3-5-22(23)24-16-20(28(30,31)32)9-12-26(24)36-17-18-7-10-21(29)11-8-18/h3-16H,2,17H2,1H3. The Hall–Kier alpha value is -4.20. The Kier molecular flexibility index (Phi) is 7.33. The molecule has 0 aliphatic carbocycles. The van der Waals surface area contributed by atoms with Gasteiger partial charge in [0, 0.05) is 17.3 Å². The van der Waals surface area contributed by atoms with Crippen molar-refractivity contribution >= 4 is 5.97 Å². The van der Waals surface area contributed by atoms with E-state index in [0.717, 1.165) is 12.1 Å². The minimum atomic E-state index is -4.57. The first kappa shape index (κ1) is 24.9. The number of rotatable bonds is 7. The van der Waals surface area contributed by atoms with Gasteiger partial charge in [0.05, 0.1) is 23.4 Å². The molecule has 184 valence electrons. The highest BCUT2D eigenvalue weighted by atomic mass is 19.4. The van der Waals surface area contributed by atoms with E-state index in [-0.39, 0.29) is 30.1 Å². The van der Waals surface area contributed by atoms with E-state index in [9.17, 15) is 22.4 Å². The molecule has 3 aromatic carbocycles. The molecular weight excluding hydrogens is 474 g/mol. The van der Waals surface area contributed by atoms with E-state index in [2.05, 4.69) is 4.98 Å². The molecule has 0 saturated carbocycles. The summed E-state index contributed by atoms with van der Waals surface area (Å²) in [7, 11) is 0. The molecule has 4 rings (SSSR count). The lowest BCUT2D eigenvalue weighted by Crippen LogP contribution is -2.06. The van der Waals surface area contributed by atoms with Crippen LogP contribution in [0.1, 0.15) is 28.4 Å². The van der Waals surface area contributed by atoms with Gasteiger partial charge in [-0.25, -0.2) is 9.18 Å². The monoisotopic (exact) mass is 495 g/mol. The van der Waals surface area contributed by atoms with Crippen molar-refractivity contribution < 1.29 is 31.8 Å². The van der Waals surface area contributed by atoms with E-state index >= 15 is 0 Å². The summed E-state index contributed by atoms with van der Waals surface area (Å²) in [6.45, 7) is 1.92. The maximum absolute atomic E-state index is 13.6. The van der Waals surface area contributed by atoms with Crippen LogP contribution in [0.2, 0.25) is 0 Å². The minimum absolute atomic E-state index is 0.0252. The number of hydrogen-bond donors (Lipinski definition) is 0. The Morgan fingerprint density at radius 3 is 2.31 bits per heavy atom. The molecule has 1 heterocycles. The van der Waals surface area contributed by atoms with Crippen LogP contribution in [-0.2, 0) is 17.5 Å². The summed E-state index contributed by atoms with van der Waals surface area (Å²) >= 11 is 0. The second-order valence-electron chi connectivity index (χ2n) is 7.82. The fraction of sp³-hybridized carbons (Fsp3) is 0.143. The van der Waals surface area contributed by atoms with Crippen LogP contribution >= 0.6 is 0 Å². The highest BCUT2D eigenvalue weighted by Crippen LogP contribution is 2.41. The van der Waals surface area contributed by atoms with E-state index < -0.39 is 23.5 Å². The van der Waals surface area contributed by atoms with E-state index in [4.69, 9.17) is 9.47 Å². The molecular formula is C28H21F4NO3. The smallest absolute Gasteiger partial charge is 0.416 e. The number of alkyl halides is 3. The molecule has 1 aromatic heterocycles. The lowest BCUT2D eigenvalue weighted by molar-refractivity contribution is -0.137. The van der Waals surface area contributed by atoms with Crippen molar-refractivity contribution in [2.45, 2.75) is 19.7 Å². The molecule has 0 unspecified atom stereocenters. The Morgan fingerprint density at radius 2 is 1.61 bits per heavy atom. The van der Waals surface area contributed by atoms with Crippen molar-refractivity contribution in [2.24, 2.45) is 0 Å². The minimum Gasteiger partial charge on any atom is -0.488 e. The third-order valence-corrected chi connectivity index (χ3v) is 5.38. The van der Waals surface area contributed by atoms with Crippen LogP contribution in [0.4, 0.5) is 17.6 Å². The number of ether oxygens (including phenoxy) is 2. The molecule has 4 aromatic rings. The third-order valence-electron chi connectivity index (χ3n) is 5.38. The lowest BCUT2D eigenvalue weighted by Gasteiger charge is -2.17. The van der Waals surface area contributed by atoms with Crippen LogP contribution < -0.4 is 4.74 Å². The summed E-state index contributed by atoms with van der Waals surface area (Å²) in [4.78, 5) is 16.5. The van der Waals surface area contributed by atoms with Crippen LogP contribution in [0.3, 0.4) is 0 Å². The molecule has 0 radical (unpaired) electrons. The molecule has 0 bridgehead atoms. The average Bonchev–Trinajstić information content (AvgIpc) is 2.88. The van der Waals surface area contributed by atoms with Crippen LogP contribution in [0.5, 0.6) is 5.75 Å². The molecule has 0 N–H and O–H groups in total. The Morgan fingerprint density at radius 1 is 0.889 bits per heavy atom. The van der Waals surface area contributed by atoms with Gasteiger partial charge in [0.1, 0.15) is 18.2 Å².